The number of aromatic nitrogens is 1. The molecule has 2 aromatic rings. The van der Waals surface area contributed by atoms with Gasteiger partial charge in [-0.3, -0.25) is 9.78 Å². The molecule has 0 spiro atoms. The summed E-state index contributed by atoms with van der Waals surface area (Å²) in [6, 6.07) is 9.61. The van der Waals surface area contributed by atoms with E-state index in [1.54, 1.807) is 6.20 Å². The zero-order valence-corrected chi connectivity index (χ0v) is 10.7. The van der Waals surface area contributed by atoms with E-state index in [0.717, 1.165) is 34.5 Å². The van der Waals surface area contributed by atoms with Gasteiger partial charge in [-0.05, 0) is 12.1 Å². The molecule has 1 aromatic carbocycles. The Labute approximate surface area is 110 Å². The van der Waals surface area contributed by atoms with Crippen LogP contribution in [0.5, 0.6) is 0 Å². The van der Waals surface area contributed by atoms with Crippen molar-refractivity contribution in [2.45, 2.75) is 6.04 Å². The third-order valence-electron chi connectivity index (χ3n) is 3.13. The summed E-state index contributed by atoms with van der Waals surface area (Å²) in [5, 5.41) is 4.34. The highest BCUT2D eigenvalue weighted by Crippen LogP contribution is 2.17. The Bertz CT molecular complexity index is 579. The largest absolute Gasteiger partial charge is 0.306 e. The highest BCUT2D eigenvalue weighted by molar-refractivity contribution is 7.99. The van der Waals surface area contributed by atoms with Crippen LogP contribution in [0, 0.1) is 0 Å². The van der Waals surface area contributed by atoms with E-state index in [9.17, 15) is 4.79 Å². The van der Waals surface area contributed by atoms with Crippen LogP contribution in [0.1, 0.15) is 10.4 Å². The Kier molecular flexibility index (Phi) is 3.30. The molecule has 0 aliphatic carbocycles. The Hall–Kier alpha value is -1.39. The van der Waals surface area contributed by atoms with Gasteiger partial charge in [0.2, 0.25) is 0 Å². The van der Waals surface area contributed by atoms with Crippen LogP contribution in [0.2, 0.25) is 0 Å². The molecule has 0 bridgehead atoms. The van der Waals surface area contributed by atoms with Crippen LogP contribution in [0.3, 0.4) is 0 Å². The van der Waals surface area contributed by atoms with Crippen LogP contribution in [0.4, 0.5) is 0 Å². The quantitative estimate of drug-likeness (QED) is 0.838. The van der Waals surface area contributed by atoms with E-state index in [4.69, 9.17) is 0 Å². The van der Waals surface area contributed by atoms with E-state index in [0.29, 0.717) is 0 Å². The first-order chi connectivity index (χ1) is 8.84. The van der Waals surface area contributed by atoms with E-state index < -0.39 is 0 Å². The predicted molar refractivity (Wildman–Crippen MR) is 75.2 cm³/mol. The summed E-state index contributed by atoms with van der Waals surface area (Å²) in [6.07, 6.45) is 1.76. The molecule has 4 heteroatoms. The molecule has 1 aliphatic heterocycles. The summed E-state index contributed by atoms with van der Waals surface area (Å²) in [6.45, 7) is 0.910. The number of Topliss-reactive ketones (excluding diaryl/α,β-unsaturated/α-hetero) is 1. The number of thioether (sulfide) groups is 1. The number of pyridine rings is 1. The molecule has 0 radical (unpaired) electrons. The lowest BCUT2D eigenvalue weighted by Crippen LogP contribution is -2.43. The van der Waals surface area contributed by atoms with Gasteiger partial charge >= 0.3 is 0 Å². The summed E-state index contributed by atoms with van der Waals surface area (Å²) in [4.78, 5) is 16.6. The third-order valence-corrected chi connectivity index (χ3v) is 4.19. The second-order valence-corrected chi connectivity index (χ2v) is 5.51. The zero-order valence-electron chi connectivity index (χ0n) is 9.93. The van der Waals surface area contributed by atoms with Gasteiger partial charge in [-0.1, -0.05) is 18.2 Å². The Morgan fingerprint density at radius 3 is 3.17 bits per heavy atom. The van der Waals surface area contributed by atoms with Crippen LogP contribution in [-0.2, 0) is 0 Å². The molecular formula is C14H14N2OS. The van der Waals surface area contributed by atoms with E-state index >= 15 is 0 Å². The maximum absolute atomic E-state index is 12.3. The van der Waals surface area contributed by atoms with E-state index in [1.165, 1.54) is 0 Å². The fraction of sp³-hybridized carbons (Fsp3) is 0.286. The summed E-state index contributed by atoms with van der Waals surface area (Å²) in [7, 11) is 0. The van der Waals surface area contributed by atoms with E-state index in [1.807, 2.05) is 42.1 Å². The minimum atomic E-state index is -0.0510. The number of carbonyl (C=O) groups is 1. The van der Waals surface area contributed by atoms with Crippen LogP contribution in [0.25, 0.3) is 10.9 Å². The van der Waals surface area contributed by atoms with Gasteiger partial charge < -0.3 is 5.32 Å². The molecular weight excluding hydrogens is 244 g/mol. The van der Waals surface area contributed by atoms with Gasteiger partial charge in [-0.25, -0.2) is 0 Å². The standard InChI is InChI=1S/C14H14N2OS/c17-14(13-9-18-7-6-16-13)11-4-3-10-2-1-5-15-12(10)8-11/h1-5,8,13,16H,6-7,9H2. The van der Waals surface area contributed by atoms with Crippen molar-refractivity contribution in [2.24, 2.45) is 0 Å². The smallest absolute Gasteiger partial charge is 0.180 e. The van der Waals surface area contributed by atoms with Crippen molar-refractivity contribution in [2.75, 3.05) is 18.1 Å². The number of hydrogen-bond donors (Lipinski definition) is 1. The first-order valence-corrected chi connectivity index (χ1v) is 7.20. The van der Waals surface area contributed by atoms with Crippen molar-refractivity contribution in [3.63, 3.8) is 0 Å². The molecule has 1 aliphatic rings. The second-order valence-electron chi connectivity index (χ2n) is 4.36. The molecule has 1 unspecified atom stereocenters. The van der Waals surface area contributed by atoms with E-state index in [2.05, 4.69) is 10.3 Å². The van der Waals surface area contributed by atoms with Crippen molar-refractivity contribution < 1.29 is 4.79 Å². The molecule has 0 saturated carbocycles. The van der Waals surface area contributed by atoms with Crippen LogP contribution >= 0.6 is 11.8 Å². The topological polar surface area (TPSA) is 42.0 Å². The monoisotopic (exact) mass is 258 g/mol. The molecule has 1 saturated heterocycles. The fourth-order valence-corrected chi connectivity index (χ4v) is 3.09. The minimum Gasteiger partial charge on any atom is -0.306 e. The Morgan fingerprint density at radius 1 is 1.39 bits per heavy atom. The first kappa shape index (κ1) is 11.7. The number of nitrogens with zero attached hydrogens (tertiary/aromatic N) is 1. The summed E-state index contributed by atoms with van der Waals surface area (Å²) >= 11 is 1.83. The molecule has 3 rings (SSSR count). The van der Waals surface area contributed by atoms with Crippen LogP contribution < -0.4 is 5.32 Å². The highest BCUT2D eigenvalue weighted by Gasteiger charge is 2.22. The number of fused-ring (bicyclic) bond motifs is 1. The number of nitrogens with one attached hydrogen (secondary N) is 1. The van der Waals surface area contributed by atoms with Crippen LogP contribution in [0.15, 0.2) is 36.5 Å². The molecule has 1 atom stereocenters. The molecule has 0 amide bonds. The normalized spacial score (nSPS) is 19.9. The molecule has 18 heavy (non-hydrogen) atoms. The molecule has 2 heterocycles. The summed E-state index contributed by atoms with van der Waals surface area (Å²) in [5.41, 5.74) is 1.63. The van der Waals surface area contributed by atoms with Crippen molar-refractivity contribution in [3.8, 4) is 0 Å². The molecule has 1 fully saturated rings. The van der Waals surface area contributed by atoms with Gasteiger partial charge in [0.15, 0.2) is 5.78 Å². The fourth-order valence-electron chi connectivity index (χ4n) is 2.15. The maximum Gasteiger partial charge on any atom is 0.180 e. The number of rotatable bonds is 2. The van der Waals surface area contributed by atoms with Gasteiger partial charge in [-0.15, -0.1) is 0 Å². The zero-order chi connectivity index (χ0) is 12.4. The molecule has 92 valence electrons. The van der Waals surface area contributed by atoms with Crippen LogP contribution in [-0.4, -0.2) is 34.9 Å². The summed E-state index contributed by atoms with van der Waals surface area (Å²) < 4.78 is 0. The highest BCUT2D eigenvalue weighted by atomic mass is 32.2. The lowest BCUT2D eigenvalue weighted by molar-refractivity contribution is 0.0953. The number of hydrogen-bond acceptors (Lipinski definition) is 4. The molecule has 1 aromatic heterocycles. The van der Waals surface area contributed by atoms with Gasteiger partial charge in [0.05, 0.1) is 11.6 Å². The lowest BCUT2D eigenvalue weighted by atomic mass is 10.0. The van der Waals surface area contributed by atoms with Gasteiger partial charge in [0.25, 0.3) is 0 Å². The number of ketones is 1. The average molecular weight is 258 g/mol. The molecule has 1 N–H and O–H groups in total. The van der Waals surface area contributed by atoms with Gasteiger partial charge in [0.1, 0.15) is 0 Å². The number of carbonyl (C=O) groups excluding carboxylic acids is 1. The SMILES string of the molecule is O=C(c1ccc2cccnc2c1)C1CSCCN1. The van der Waals surface area contributed by atoms with Crippen molar-refractivity contribution in [1.82, 2.24) is 10.3 Å². The average Bonchev–Trinajstić information content (AvgIpc) is 2.47. The maximum atomic E-state index is 12.3. The van der Waals surface area contributed by atoms with Gasteiger partial charge in [-0.2, -0.15) is 11.8 Å². The van der Waals surface area contributed by atoms with Crippen molar-refractivity contribution >= 4 is 28.4 Å². The number of benzene rings is 1. The third kappa shape index (κ3) is 2.26. The second kappa shape index (κ2) is 5.08. The van der Waals surface area contributed by atoms with Crippen molar-refractivity contribution in [3.05, 3.63) is 42.1 Å². The Morgan fingerprint density at radius 2 is 2.33 bits per heavy atom. The first-order valence-electron chi connectivity index (χ1n) is 6.05. The van der Waals surface area contributed by atoms with Crippen molar-refractivity contribution in [1.29, 1.82) is 0 Å². The Balaban J connectivity index is 1.91. The lowest BCUT2D eigenvalue weighted by Gasteiger charge is -2.21. The minimum absolute atomic E-state index is 0.0510. The summed E-state index contributed by atoms with van der Waals surface area (Å²) in [5.74, 6) is 2.12. The molecule has 3 nitrogen and oxygen atoms in total. The predicted octanol–water partition coefficient (Wildman–Crippen LogP) is 2.12. The van der Waals surface area contributed by atoms with Gasteiger partial charge in [0, 0.05) is 35.2 Å². The van der Waals surface area contributed by atoms with E-state index in [-0.39, 0.29) is 11.8 Å².